The zero-order valence-electron chi connectivity index (χ0n) is 12.7. The van der Waals surface area contributed by atoms with Crippen molar-refractivity contribution in [1.29, 1.82) is 0 Å². The van der Waals surface area contributed by atoms with E-state index in [9.17, 15) is 4.79 Å². The Hall–Kier alpha value is -2.15. The third-order valence-electron chi connectivity index (χ3n) is 3.65. The van der Waals surface area contributed by atoms with Crippen LogP contribution < -0.4 is 4.74 Å². The van der Waals surface area contributed by atoms with Crippen molar-refractivity contribution >= 4 is 17.7 Å². The first-order chi connectivity index (χ1) is 11.3. The molecular weight excluding hydrogens is 312 g/mol. The number of aromatic nitrogens is 3. The number of rotatable bonds is 5. The minimum Gasteiger partial charge on any atom is -0.474 e. The quantitative estimate of drug-likeness (QED) is 0.782. The van der Waals surface area contributed by atoms with Crippen molar-refractivity contribution < 1.29 is 9.53 Å². The molecule has 7 heteroatoms. The maximum Gasteiger partial charge on any atom is 0.232 e. The van der Waals surface area contributed by atoms with Gasteiger partial charge >= 0.3 is 0 Å². The van der Waals surface area contributed by atoms with Gasteiger partial charge in [0.2, 0.25) is 11.8 Å². The van der Waals surface area contributed by atoms with E-state index in [1.54, 1.807) is 36.4 Å². The number of carbonyl (C=O) groups excluding carboxylic acids is 1. The van der Waals surface area contributed by atoms with Crippen molar-refractivity contribution in [2.24, 2.45) is 0 Å². The third-order valence-corrected chi connectivity index (χ3v) is 4.65. The summed E-state index contributed by atoms with van der Waals surface area (Å²) >= 11 is 1.55. The van der Waals surface area contributed by atoms with Crippen LogP contribution in [0.4, 0.5) is 0 Å². The lowest BCUT2D eigenvalue weighted by molar-refractivity contribution is -0.130. The van der Waals surface area contributed by atoms with Crippen LogP contribution in [-0.4, -0.2) is 50.7 Å². The van der Waals surface area contributed by atoms with Gasteiger partial charge in [-0.25, -0.2) is 9.97 Å². The van der Waals surface area contributed by atoms with Crippen LogP contribution in [0.5, 0.6) is 5.88 Å². The molecule has 0 aromatic carbocycles. The highest BCUT2D eigenvalue weighted by Gasteiger charge is 2.24. The van der Waals surface area contributed by atoms with Crippen LogP contribution in [0, 0.1) is 0 Å². The number of pyridine rings is 1. The van der Waals surface area contributed by atoms with Gasteiger partial charge in [-0.15, -0.1) is 11.8 Å². The van der Waals surface area contributed by atoms with Crippen molar-refractivity contribution in [2.75, 3.05) is 18.8 Å². The smallest absolute Gasteiger partial charge is 0.232 e. The van der Waals surface area contributed by atoms with Crippen LogP contribution in [-0.2, 0) is 4.79 Å². The normalized spacial score (nSPS) is 15.4. The van der Waals surface area contributed by atoms with E-state index in [0.29, 0.717) is 11.6 Å². The molecule has 0 spiro atoms. The maximum absolute atomic E-state index is 12.3. The van der Waals surface area contributed by atoms with Gasteiger partial charge in [-0.2, -0.15) is 0 Å². The Morgan fingerprint density at radius 2 is 1.91 bits per heavy atom. The molecule has 0 aliphatic carbocycles. The second kappa shape index (κ2) is 7.92. The van der Waals surface area contributed by atoms with E-state index in [-0.39, 0.29) is 12.0 Å². The largest absolute Gasteiger partial charge is 0.474 e. The average molecular weight is 330 g/mol. The number of likely N-dealkylation sites (tertiary alicyclic amines) is 1. The summed E-state index contributed by atoms with van der Waals surface area (Å²) < 4.78 is 5.81. The molecule has 2 aromatic heterocycles. The summed E-state index contributed by atoms with van der Waals surface area (Å²) in [7, 11) is 0. The van der Waals surface area contributed by atoms with Gasteiger partial charge in [0.05, 0.1) is 5.75 Å². The molecule has 1 aliphatic rings. The van der Waals surface area contributed by atoms with E-state index in [1.165, 1.54) is 6.33 Å². The summed E-state index contributed by atoms with van der Waals surface area (Å²) in [6, 6.07) is 5.59. The average Bonchev–Trinajstić information content (AvgIpc) is 2.62. The molecule has 3 rings (SSSR count). The van der Waals surface area contributed by atoms with Gasteiger partial charge in [-0.1, -0.05) is 0 Å². The number of nitrogens with zero attached hydrogens (tertiary/aromatic N) is 4. The highest BCUT2D eigenvalue weighted by Crippen LogP contribution is 2.20. The van der Waals surface area contributed by atoms with Crippen molar-refractivity contribution in [3.05, 3.63) is 43.1 Å². The number of hydrogen-bond acceptors (Lipinski definition) is 6. The molecule has 0 radical (unpaired) electrons. The molecule has 0 saturated carbocycles. The highest BCUT2D eigenvalue weighted by atomic mass is 32.2. The predicted octanol–water partition coefficient (Wildman–Crippen LogP) is 2.03. The first kappa shape index (κ1) is 15.7. The second-order valence-electron chi connectivity index (χ2n) is 5.22. The molecule has 1 fully saturated rings. The number of hydrogen-bond donors (Lipinski definition) is 0. The number of carbonyl (C=O) groups is 1. The molecule has 1 aliphatic heterocycles. The van der Waals surface area contributed by atoms with Gasteiger partial charge < -0.3 is 9.64 Å². The Labute approximate surface area is 139 Å². The van der Waals surface area contributed by atoms with E-state index >= 15 is 0 Å². The fourth-order valence-electron chi connectivity index (χ4n) is 2.41. The second-order valence-corrected chi connectivity index (χ2v) is 6.27. The van der Waals surface area contributed by atoms with Crippen molar-refractivity contribution in [2.45, 2.75) is 23.8 Å². The molecular formula is C16H18N4O2S. The van der Waals surface area contributed by atoms with E-state index < -0.39 is 0 Å². The van der Waals surface area contributed by atoms with Crippen LogP contribution in [0.1, 0.15) is 12.8 Å². The van der Waals surface area contributed by atoms with E-state index in [0.717, 1.165) is 30.8 Å². The number of amides is 1. The first-order valence-electron chi connectivity index (χ1n) is 7.54. The minimum atomic E-state index is 0.113. The summed E-state index contributed by atoms with van der Waals surface area (Å²) in [5.74, 6) is 1.23. The molecule has 1 saturated heterocycles. The number of thioether (sulfide) groups is 1. The molecule has 120 valence electrons. The highest BCUT2D eigenvalue weighted by molar-refractivity contribution is 8.00. The molecule has 0 N–H and O–H groups in total. The fraction of sp³-hybridized carbons (Fsp3) is 0.375. The third kappa shape index (κ3) is 4.66. The van der Waals surface area contributed by atoms with Crippen LogP contribution in [0.15, 0.2) is 48.0 Å². The predicted molar refractivity (Wildman–Crippen MR) is 87.2 cm³/mol. The number of ether oxygens (including phenoxy) is 1. The summed E-state index contributed by atoms with van der Waals surface area (Å²) in [4.78, 5) is 27.2. The summed E-state index contributed by atoms with van der Waals surface area (Å²) in [6.07, 6.45) is 8.39. The summed E-state index contributed by atoms with van der Waals surface area (Å²) in [6.45, 7) is 1.46. The molecule has 6 nitrogen and oxygen atoms in total. The topological polar surface area (TPSA) is 68.2 Å². The Morgan fingerprint density at radius 1 is 1.17 bits per heavy atom. The van der Waals surface area contributed by atoms with Crippen LogP contribution >= 0.6 is 11.8 Å². The lowest BCUT2D eigenvalue weighted by Crippen LogP contribution is -2.42. The fourth-order valence-corrected chi connectivity index (χ4v) is 3.20. The Balaban J connectivity index is 1.42. The van der Waals surface area contributed by atoms with Crippen LogP contribution in [0.2, 0.25) is 0 Å². The zero-order chi connectivity index (χ0) is 15.9. The van der Waals surface area contributed by atoms with E-state index in [4.69, 9.17) is 4.74 Å². The van der Waals surface area contributed by atoms with Crippen LogP contribution in [0.3, 0.4) is 0 Å². The summed E-state index contributed by atoms with van der Waals surface area (Å²) in [5.41, 5.74) is 0. The Morgan fingerprint density at radius 3 is 2.61 bits per heavy atom. The molecule has 2 aromatic rings. The molecule has 0 bridgehead atoms. The lowest BCUT2D eigenvalue weighted by atomic mass is 10.1. The first-order valence-corrected chi connectivity index (χ1v) is 8.53. The lowest BCUT2D eigenvalue weighted by Gasteiger charge is -2.31. The van der Waals surface area contributed by atoms with Gasteiger partial charge in [0.15, 0.2) is 0 Å². The van der Waals surface area contributed by atoms with Crippen molar-refractivity contribution in [3.63, 3.8) is 0 Å². The minimum absolute atomic E-state index is 0.113. The maximum atomic E-state index is 12.3. The van der Waals surface area contributed by atoms with Crippen LogP contribution in [0.25, 0.3) is 0 Å². The van der Waals surface area contributed by atoms with Gasteiger partial charge in [-0.05, 0) is 12.1 Å². The zero-order valence-corrected chi connectivity index (χ0v) is 13.5. The number of piperidine rings is 1. The molecule has 0 atom stereocenters. The molecule has 23 heavy (non-hydrogen) atoms. The van der Waals surface area contributed by atoms with Gasteiger partial charge in [0, 0.05) is 55.5 Å². The SMILES string of the molecule is O=C(CSc1ccncc1)N1CCC(Oc2ccncn2)CC1. The Bertz CT molecular complexity index is 618. The summed E-state index contributed by atoms with van der Waals surface area (Å²) in [5, 5.41) is 0. The monoisotopic (exact) mass is 330 g/mol. The van der Waals surface area contributed by atoms with Gasteiger partial charge in [0.25, 0.3) is 0 Å². The molecule has 0 unspecified atom stereocenters. The molecule has 3 heterocycles. The Kier molecular flexibility index (Phi) is 5.42. The molecule has 1 amide bonds. The van der Waals surface area contributed by atoms with Gasteiger partial charge in [-0.3, -0.25) is 9.78 Å². The standard InChI is InChI=1S/C16H18N4O2S/c21-16(11-23-14-1-6-17-7-2-14)20-9-4-13(5-10-20)22-15-3-8-18-12-19-15/h1-3,6-8,12-13H,4-5,9-11H2. The van der Waals surface area contributed by atoms with E-state index in [2.05, 4.69) is 15.0 Å². The van der Waals surface area contributed by atoms with Crippen molar-refractivity contribution in [3.8, 4) is 5.88 Å². The van der Waals surface area contributed by atoms with E-state index in [1.807, 2.05) is 17.0 Å². The van der Waals surface area contributed by atoms with Gasteiger partial charge in [0.1, 0.15) is 12.4 Å². The van der Waals surface area contributed by atoms with Crippen molar-refractivity contribution in [1.82, 2.24) is 19.9 Å².